The number of nitrogens with zero attached hydrogens (tertiary/aromatic N) is 3. The summed E-state index contributed by atoms with van der Waals surface area (Å²) in [5.74, 6) is 2.00. The maximum Gasteiger partial charge on any atom is 0.164 e. The molecular formula is C63H51N3Si. The molecule has 0 unspecified atom stereocenters. The molecule has 0 atom stereocenters. The quantitative estimate of drug-likeness (QED) is 0.136. The van der Waals surface area contributed by atoms with Gasteiger partial charge in [-0.05, 0) is 108 Å². The Bertz CT molecular complexity index is 3460. The first kappa shape index (κ1) is 41.9. The van der Waals surface area contributed by atoms with Crippen LogP contribution in [0.1, 0.15) is 25.0 Å². The van der Waals surface area contributed by atoms with Crippen LogP contribution in [0.3, 0.4) is 0 Å². The standard InChI is InChI=1S/C63H51N3Si/c1-63(2)58-26-10-9-25-56(58)57-36-33-54(41-59(57)63)62-65-60(64-61(66-62)45-31-34-55(35-32-45)67(3,4)5)44-29-27-43(28-30-44)47-18-12-20-49(38-47)51-22-14-24-53(40-51)52-23-13-21-50(39-52)48-19-11-17-46(37-48)42-15-7-6-8-16-42/h6-41H,1-5H3. The molecule has 10 aromatic rings. The van der Waals surface area contributed by atoms with Crippen LogP contribution in [0.15, 0.2) is 218 Å². The van der Waals surface area contributed by atoms with Gasteiger partial charge in [0.2, 0.25) is 0 Å². The summed E-state index contributed by atoms with van der Waals surface area (Å²) in [5, 5.41) is 1.41. The Morgan fingerprint density at radius 3 is 1.10 bits per heavy atom. The van der Waals surface area contributed by atoms with E-state index in [4.69, 9.17) is 15.0 Å². The zero-order valence-corrected chi connectivity index (χ0v) is 39.6. The molecule has 1 aliphatic rings. The van der Waals surface area contributed by atoms with Crippen molar-refractivity contribution in [2.75, 3.05) is 0 Å². The molecule has 9 aromatic carbocycles. The summed E-state index contributed by atoms with van der Waals surface area (Å²) in [5.41, 5.74) is 19.8. The lowest BCUT2D eigenvalue weighted by Crippen LogP contribution is -2.37. The maximum atomic E-state index is 5.19. The Kier molecular flexibility index (Phi) is 10.6. The Hall–Kier alpha value is -7.79. The first-order valence-corrected chi connectivity index (χ1v) is 26.7. The van der Waals surface area contributed by atoms with Crippen LogP contribution >= 0.6 is 0 Å². The average molecular weight is 878 g/mol. The summed E-state index contributed by atoms with van der Waals surface area (Å²) in [4.78, 5) is 15.5. The summed E-state index contributed by atoms with van der Waals surface area (Å²) in [6, 6.07) is 78.9. The molecule has 1 heterocycles. The molecule has 0 saturated heterocycles. The second-order valence-electron chi connectivity index (χ2n) is 19.3. The minimum absolute atomic E-state index is 0.133. The summed E-state index contributed by atoms with van der Waals surface area (Å²) in [6.45, 7) is 11.8. The van der Waals surface area contributed by atoms with Gasteiger partial charge in [0.15, 0.2) is 17.5 Å². The van der Waals surface area contributed by atoms with E-state index in [1.54, 1.807) is 0 Å². The smallest absolute Gasteiger partial charge is 0.164 e. The van der Waals surface area contributed by atoms with Crippen molar-refractivity contribution in [2.45, 2.75) is 38.9 Å². The van der Waals surface area contributed by atoms with E-state index in [0.29, 0.717) is 17.5 Å². The second kappa shape index (κ2) is 16.9. The van der Waals surface area contributed by atoms with Gasteiger partial charge in [-0.1, -0.05) is 227 Å². The summed E-state index contributed by atoms with van der Waals surface area (Å²) >= 11 is 0. The van der Waals surface area contributed by atoms with Gasteiger partial charge in [-0.25, -0.2) is 15.0 Å². The fourth-order valence-corrected chi connectivity index (χ4v) is 10.8. The molecule has 0 spiro atoms. The summed E-state index contributed by atoms with van der Waals surface area (Å²) < 4.78 is 0. The van der Waals surface area contributed by atoms with Crippen molar-refractivity contribution in [1.82, 2.24) is 15.0 Å². The van der Waals surface area contributed by atoms with E-state index in [9.17, 15) is 0 Å². The SMILES string of the molecule is CC1(C)c2ccccc2-c2ccc(-c3nc(-c4ccc(-c5cccc(-c6cccc(-c7cccc(-c8cccc(-c9ccccc9)c8)c7)c6)c5)cc4)nc(-c4ccc([Si](C)(C)C)cc4)n3)cc21. The van der Waals surface area contributed by atoms with Crippen LogP contribution in [0.2, 0.25) is 19.6 Å². The highest BCUT2D eigenvalue weighted by Crippen LogP contribution is 2.49. The fraction of sp³-hybridized carbons (Fsp3) is 0.0952. The third-order valence-corrected chi connectivity index (χ3v) is 15.6. The van der Waals surface area contributed by atoms with Gasteiger partial charge >= 0.3 is 0 Å². The van der Waals surface area contributed by atoms with E-state index in [0.717, 1.165) is 27.8 Å². The fourth-order valence-electron chi connectivity index (χ4n) is 9.68. The number of hydrogen-bond acceptors (Lipinski definition) is 3. The van der Waals surface area contributed by atoms with Gasteiger partial charge < -0.3 is 0 Å². The van der Waals surface area contributed by atoms with Crippen molar-refractivity contribution in [3.05, 3.63) is 230 Å². The molecule has 67 heavy (non-hydrogen) atoms. The van der Waals surface area contributed by atoms with Crippen LogP contribution in [0.25, 0.3) is 101 Å². The normalized spacial score (nSPS) is 12.7. The minimum atomic E-state index is -1.48. The number of hydrogen-bond donors (Lipinski definition) is 0. The first-order chi connectivity index (χ1) is 32.5. The van der Waals surface area contributed by atoms with Crippen LogP contribution in [-0.2, 0) is 5.41 Å². The molecule has 0 amide bonds. The molecule has 0 bridgehead atoms. The van der Waals surface area contributed by atoms with E-state index in [-0.39, 0.29) is 5.41 Å². The van der Waals surface area contributed by atoms with Crippen LogP contribution < -0.4 is 5.19 Å². The van der Waals surface area contributed by atoms with E-state index < -0.39 is 8.07 Å². The molecule has 0 fully saturated rings. The average Bonchev–Trinajstić information content (AvgIpc) is 3.61. The van der Waals surface area contributed by atoms with Gasteiger partial charge in [0, 0.05) is 22.1 Å². The molecule has 0 saturated carbocycles. The maximum absolute atomic E-state index is 5.19. The predicted molar refractivity (Wildman–Crippen MR) is 284 cm³/mol. The zero-order valence-electron chi connectivity index (χ0n) is 38.6. The van der Waals surface area contributed by atoms with E-state index in [1.165, 1.54) is 71.9 Å². The van der Waals surface area contributed by atoms with Crippen LogP contribution in [-0.4, -0.2) is 23.0 Å². The van der Waals surface area contributed by atoms with Crippen molar-refractivity contribution in [1.29, 1.82) is 0 Å². The number of benzene rings is 9. The van der Waals surface area contributed by atoms with Gasteiger partial charge in [-0.3, -0.25) is 0 Å². The molecule has 322 valence electrons. The Labute approximate surface area is 395 Å². The van der Waals surface area contributed by atoms with Crippen molar-refractivity contribution in [2.24, 2.45) is 0 Å². The van der Waals surface area contributed by atoms with Crippen LogP contribution in [0.5, 0.6) is 0 Å². The molecule has 4 heteroatoms. The Morgan fingerprint density at radius 2 is 0.627 bits per heavy atom. The molecule has 11 rings (SSSR count). The molecule has 1 aliphatic carbocycles. The van der Waals surface area contributed by atoms with Crippen molar-refractivity contribution >= 4 is 13.3 Å². The van der Waals surface area contributed by atoms with Crippen LogP contribution in [0, 0.1) is 0 Å². The number of rotatable bonds is 9. The summed E-state index contributed by atoms with van der Waals surface area (Å²) in [6.07, 6.45) is 0. The Morgan fingerprint density at radius 1 is 0.284 bits per heavy atom. The number of aromatic nitrogens is 3. The third-order valence-electron chi connectivity index (χ3n) is 13.5. The van der Waals surface area contributed by atoms with Crippen LogP contribution in [0.4, 0.5) is 0 Å². The molecule has 0 aliphatic heterocycles. The highest BCUT2D eigenvalue weighted by Gasteiger charge is 2.35. The molecular weight excluding hydrogens is 827 g/mol. The van der Waals surface area contributed by atoms with Gasteiger partial charge in [-0.2, -0.15) is 0 Å². The largest absolute Gasteiger partial charge is 0.208 e. The van der Waals surface area contributed by atoms with E-state index >= 15 is 0 Å². The molecule has 3 nitrogen and oxygen atoms in total. The molecule has 0 N–H and O–H groups in total. The van der Waals surface area contributed by atoms with Gasteiger partial charge in [0.25, 0.3) is 0 Å². The highest BCUT2D eigenvalue weighted by molar-refractivity contribution is 6.88. The topological polar surface area (TPSA) is 38.7 Å². The van der Waals surface area contributed by atoms with Gasteiger partial charge in [0.05, 0.1) is 8.07 Å². The van der Waals surface area contributed by atoms with Gasteiger partial charge in [-0.15, -0.1) is 0 Å². The van der Waals surface area contributed by atoms with Gasteiger partial charge in [0.1, 0.15) is 0 Å². The molecule has 1 aromatic heterocycles. The van der Waals surface area contributed by atoms with Crippen molar-refractivity contribution < 1.29 is 0 Å². The summed E-state index contributed by atoms with van der Waals surface area (Å²) in [7, 11) is -1.48. The zero-order chi connectivity index (χ0) is 45.7. The third kappa shape index (κ3) is 8.15. The minimum Gasteiger partial charge on any atom is -0.208 e. The Balaban J connectivity index is 0.900. The second-order valence-corrected chi connectivity index (χ2v) is 24.4. The lowest BCUT2D eigenvalue weighted by molar-refractivity contribution is 0.660. The van der Waals surface area contributed by atoms with E-state index in [1.807, 2.05) is 0 Å². The molecule has 0 radical (unpaired) electrons. The van der Waals surface area contributed by atoms with E-state index in [2.05, 4.69) is 252 Å². The predicted octanol–water partition coefficient (Wildman–Crippen LogP) is 16.1. The lowest BCUT2D eigenvalue weighted by atomic mass is 9.82. The van der Waals surface area contributed by atoms with Crippen molar-refractivity contribution in [3.63, 3.8) is 0 Å². The number of fused-ring (bicyclic) bond motifs is 3. The highest BCUT2D eigenvalue weighted by atomic mass is 28.3. The monoisotopic (exact) mass is 877 g/mol. The first-order valence-electron chi connectivity index (χ1n) is 23.2. The lowest BCUT2D eigenvalue weighted by Gasteiger charge is -2.21. The van der Waals surface area contributed by atoms with Crippen molar-refractivity contribution in [3.8, 4) is 101 Å².